The molecular formula is C13H27N3O2S. The molecule has 19 heavy (non-hydrogen) atoms. The summed E-state index contributed by atoms with van der Waals surface area (Å²) in [5.74, 6) is 0.325. The molecule has 1 heterocycles. The van der Waals surface area contributed by atoms with Crippen molar-refractivity contribution in [2.24, 2.45) is 11.7 Å². The number of piperidine rings is 1. The van der Waals surface area contributed by atoms with Gasteiger partial charge in [-0.05, 0) is 38.1 Å². The molecule has 0 amide bonds. The van der Waals surface area contributed by atoms with E-state index in [9.17, 15) is 8.42 Å². The van der Waals surface area contributed by atoms with Crippen LogP contribution < -0.4 is 5.73 Å². The topological polar surface area (TPSA) is 66.6 Å². The van der Waals surface area contributed by atoms with Gasteiger partial charge < -0.3 is 5.73 Å². The molecule has 2 fully saturated rings. The molecule has 112 valence electrons. The summed E-state index contributed by atoms with van der Waals surface area (Å²) in [5, 5.41) is 0. The number of nitrogens with zero attached hydrogens (tertiary/aromatic N) is 2. The van der Waals surface area contributed by atoms with Gasteiger partial charge in [-0.15, -0.1) is 0 Å². The quantitative estimate of drug-likeness (QED) is 0.826. The van der Waals surface area contributed by atoms with Crippen LogP contribution in [0.3, 0.4) is 0 Å². The predicted molar refractivity (Wildman–Crippen MR) is 76.9 cm³/mol. The highest BCUT2D eigenvalue weighted by Crippen LogP contribution is 2.28. The lowest BCUT2D eigenvalue weighted by Gasteiger charge is -2.37. The fourth-order valence-electron chi connectivity index (χ4n) is 3.38. The molecule has 1 saturated heterocycles. The van der Waals surface area contributed by atoms with Crippen molar-refractivity contribution in [3.05, 3.63) is 0 Å². The van der Waals surface area contributed by atoms with E-state index in [1.807, 2.05) is 6.92 Å². The van der Waals surface area contributed by atoms with Crippen molar-refractivity contribution in [1.82, 2.24) is 8.61 Å². The van der Waals surface area contributed by atoms with Crippen molar-refractivity contribution in [2.75, 3.05) is 26.2 Å². The van der Waals surface area contributed by atoms with E-state index in [-0.39, 0.29) is 6.04 Å². The monoisotopic (exact) mass is 289 g/mol. The molecule has 0 aromatic heterocycles. The molecule has 6 heteroatoms. The van der Waals surface area contributed by atoms with Crippen LogP contribution in [-0.2, 0) is 10.2 Å². The van der Waals surface area contributed by atoms with E-state index in [4.69, 9.17) is 5.73 Å². The minimum atomic E-state index is -3.29. The maximum atomic E-state index is 12.8. The first kappa shape index (κ1) is 15.2. The van der Waals surface area contributed by atoms with Gasteiger partial charge in [0.1, 0.15) is 0 Å². The van der Waals surface area contributed by atoms with E-state index < -0.39 is 10.2 Å². The van der Waals surface area contributed by atoms with E-state index in [2.05, 4.69) is 0 Å². The number of hydrogen-bond acceptors (Lipinski definition) is 3. The average Bonchev–Trinajstić information content (AvgIpc) is 2.93. The van der Waals surface area contributed by atoms with Crippen LogP contribution in [0.15, 0.2) is 0 Å². The first-order valence-corrected chi connectivity index (χ1v) is 8.96. The Kier molecular flexibility index (Phi) is 5.22. The number of rotatable bonds is 5. The molecule has 2 N–H and O–H groups in total. The van der Waals surface area contributed by atoms with Gasteiger partial charge in [0.05, 0.1) is 0 Å². The van der Waals surface area contributed by atoms with Gasteiger partial charge in [-0.25, -0.2) is 0 Å². The first-order chi connectivity index (χ1) is 9.09. The molecular weight excluding hydrogens is 262 g/mol. The highest BCUT2D eigenvalue weighted by Gasteiger charge is 2.37. The van der Waals surface area contributed by atoms with Crippen LogP contribution in [0.25, 0.3) is 0 Å². The van der Waals surface area contributed by atoms with E-state index in [1.165, 1.54) is 0 Å². The molecule has 1 aliphatic carbocycles. The van der Waals surface area contributed by atoms with E-state index >= 15 is 0 Å². The van der Waals surface area contributed by atoms with Crippen molar-refractivity contribution >= 4 is 10.2 Å². The lowest BCUT2D eigenvalue weighted by molar-refractivity contribution is 0.237. The third-order valence-electron chi connectivity index (χ3n) is 4.48. The first-order valence-electron chi connectivity index (χ1n) is 7.56. The summed E-state index contributed by atoms with van der Waals surface area (Å²) >= 11 is 0. The molecule has 1 saturated carbocycles. The van der Waals surface area contributed by atoms with E-state index in [1.54, 1.807) is 8.61 Å². The Morgan fingerprint density at radius 1 is 1.21 bits per heavy atom. The highest BCUT2D eigenvalue weighted by atomic mass is 32.2. The zero-order valence-electron chi connectivity index (χ0n) is 11.9. The second-order valence-electron chi connectivity index (χ2n) is 5.75. The van der Waals surface area contributed by atoms with Crippen LogP contribution >= 0.6 is 0 Å². The minimum Gasteiger partial charge on any atom is -0.330 e. The lowest BCUT2D eigenvalue weighted by Crippen LogP contribution is -2.51. The van der Waals surface area contributed by atoms with Gasteiger partial charge in [0.15, 0.2) is 0 Å². The van der Waals surface area contributed by atoms with Crippen LogP contribution in [0.2, 0.25) is 0 Å². The van der Waals surface area contributed by atoms with E-state index in [0.29, 0.717) is 32.1 Å². The van der Waals surface area contributed by atoms with Gasteiger partial charge in [0.2, 0.25) is 0 Å². The predicted octanol–water partition coefficient (Wildman–Crippen LogP) is 1.17. The summed E-state index contributed by atoms with van der Waals surface area (Å²) in [6.07, 6.45) is 6.33. The molecule has 0 radical (unpaired) electrons. The molecule has 0 bridgehead atoms. The molecule has 0 spiro atoms. The second kappa shape index (κ2) is 6.52. The average molecular weight is 289 g/mol. The fourth-order valence-corrected chi connectivity index (χ4v) is 5.35. The molecule has 0 aromatic rings. The molecule has 2 rings (SSSR count). The third-order valence-corrected chi connectivity index (χ3v) is 6.61. The van der Waals surface area contributed by atoms with Gasteiger partial charge in [-0.2, -0.15) is 17.0 Å². The highest BCUT2D eigenvalue weighted by molar-refractivity contribution is 7.86. The molecule has 2 aliphatic rings. The summed E-state index contributed by atoms with van der Waals surface area (Å²) in [6, 6.07) is 0.216. The van der Waals surface area contributed by atoms with Crippen molar-refractivity contribution in [3.8, 4) is 0 Å². The third kappa shape index (κ3) is 3.29. The van der Waals surface area contributed by atoms with Crippen LogP contribution in [0.1, 0.15) is 45.4 Å². The zero-order chi connectivity index (χ0) is 13.9. The molecule has 1 atom stereocenters. The maximum Gasteiger partial charge on any atom is 0.282 e. The Bertz CT molecular complexity index is 379. The SMILES string of the molecule is CCN(C1CCCC1)S(=O)(=O)N1CCCC(CN)C1. The van der Waals surface area contributed by atoms with E-state index in [0.717, 1.165) is 38.5 Å². The lowest BCUT2D eigenvalue weighted by atomic mass is 10.0. The second-order valence-corrected chi connectivity index (χ2v) is 7.63. The molecule has 1 aliphatic heterocycles. The normalized spacial score (nSPS) is 27.2. The Balaban J connectivity index is 2.10. The Labute approximate surface area is 117 Å². The van der Waals surface area contributed by atoms with Gasteiger partial charge in [0, 0.05) is 25.7 Å². The van der Waals surface area contributed by atoms with Crippen molar-refractivity contribution in [3.63, 3.8) is 0 Å². The largest absolute Gasteiger partial charge is 0.330 e. The van der Waals surface area contributed by atoms with Gasteiger partial charge >= 0.3 is 0 Å². The summed E-state index contributed by atoms with van der Waals surface area (Å²) in [7, 11) is -3.29. The van der Waals surface area contributed by atoms with Crippen LogP contribution in [0.5, 0.6) is 0 Å². The van der Waals surface area contributed by atoms with Crippen LogP contribution in [-0.4, -0.2) is 49.2 Å². The zero-order valence-corrected chi connectivity index (χ0v) is 12.7. The molecule has 0 aromatic carbocycles. The Morgan fingerprint density at radius 2 is 1.89 bits per heavy atom. The van der Waals surface area contributed by atoms with Gasteiger partial charge in [-0.1, -0.05) is 19.8 Å². The molecule has 1 unspecified atom stereocenters. The Hall–Kier alpha value is -0.170. The fraction of sp³-hybridized carbons (Fsp3) is 1.00. The summed E-state index contributed by atoms with van der Waals surface area (Å²) < 4.78 is 28.9. The minimum absolute atomic E-state index is 0.216. The van der Waals surface area contributed by atoms with Crippen LogP contribution in [0.4, 0.5) is 0 Å². The van der Waals surface area contributed by atoms with Crippen molar-refractivity contribution in [2.45, 2.75) is 51.5 Å². The summed E-state index contributed by atoms with van der Waals surface area (Å²) in [5.41, 5.74) is 5.70. The summed E-state index contributed by atoms with van der Waals surface area (Å²) in [6.45, 7) is 4.36. The van der Waals surface area contributed by atoms with Crippen LogP contribution in [0, 0.1) is 5.92 Å². The van der Waals surface area contributed by atoms with Crippen molar-refractivity contribution in [1.29, 1.82) is 0 Å². The standard InChI is InChI=1S/C13H27N3O2S/c1-2-16(13-7-3-4-8-13)19(17,18)15-9-5-6-12(10-14)11-15/h12-13H,2-11,14H2,1H3. The molecule has 5 nitrogen and oxygen atoms in total. The number of hydrogen-bond donors (Lipinski definition) is 1. The smallest absolute Gasteiger partial charge is 0.282 e. The Morgan fingerprint density at radius 3 is 2.47 bits per heavy atom. The van der Waals surface area contributed by atoms with Crippen molar-refractivity contribution < 1.29 is 8.42 Å². The number of nitrogens with two attached hydrogens (primary N) is 1. The maximum absolute atomic E-state index is 12.8. The summed E-state index contributed by atoms with van der Waals surface area (Å²) in [4.78, 5) is 0. The van der Waals surface area contributed by atoms with Gasteiger partial charge in [0.25, 0.3) is 10.2 Å². The van der Waals surface area contributed by atoms with Gasteiger partial charge in [-0.3, -0.25) is 0 Å².